The van der Waals surface area contributed by atoms with E-state index in [0.29, 0.717) is 0 Å². The van der Waals surface area contributed by atoms with Crippen LogP contribution in [0.3, 0.4) is 0 Å². The summed E-state index contributed by atoms with van der Waals surface area (Å²) in [6.07, 6.45) is 11.2. The second-order valence-electron chi connectivity index (χ2n) is 5.41. The van der Waals surface area contributed by atoms with Crippen LogP contribution in [0, 0.1) is 0 Å². The lowest BCUT2D eigenvalue weighted by molar-refractivity contribution is -0.0364. The maximum atomic E-state index is 8.72. The van der Waals surface area contributed by atoms with Gasteiger partial charge >= 0.3 is 0 Å². The standard InChI is InChI=1S/C11H22.C6H14O5/c1-3-5-7-9-11-10-8-6-4-2;7-1-5(9)3-11-4-6(10)2-8/h3H,1,4-11H2,2H3;5-10H,1-4H2. The van der Waals surface area contributed by atoms with Gasteiger partial charge in [-0.3, -0.25) is 0 Å². The van der Waals surface area contributed by atoms with Crippen LogP contribution in [0.5, 0.6) is 0 Å². The van der Waals surface area contributed by atoms with E-state index in [-0.39, 0.29) is 26.4 Å². The van der Waals surface area contributed by atoms with E-state index < -0.39 is 12.2 Å². The number of allylic oxidation sites excluding steroid dienone is 1. The minimum atomic E-state index is -0.916. The van der Waals surface area contributed by atoms with Crippen LogP contribution >= 0.6 is 0 Å². The number of aliphatic hydroxyl groups excluding tert-OH is 4. The molecule has 22 heavy (non-hydrogen) atoms. The summed E-state index contributed by atoms with van der Waals surface area (Å²) in [4.78, 5) is 0. The number of ether oxygens (including phenoxy) is 1. The topological polar surface area (TPSA) is 90.2 Å². The Morgan fingerprint density at radius 3 is 1.73 bits per heavy atom. The summed E-state index contributed by atoms with van der Waals surface area (Å²) >= 11 is 0. The van der Waals surface area contributed by atoms with E-state index >= 15 is 0 Å². The molecule has 5 heteroatoms. The molecule has 0 heterocycles. The van der Waals surface area contributed by atoms with Gasteiger partial charge in [-0.15, -0.1) is 6.58 Å². The second kappa shape index (κ2) is 20.5. The SMILES string of the molecule is C=CCCCCCCCCC.OCC(O)COCC(O)CO. The van der Waals surface area contributed by atoms with Gasteiger partial charge in [-0.05, 0) is 12.8 Å². The normalized spacial score (nSPS) is 13.1. The van der Waals surface area contributed by atoms with E-state index in [1.54, 1.807) is 0 Å². The van der Waals surface area contributed by atoms with Crippen molar-refractivity contribution in [3.63, 3.8) is 0 Å². The summed E-state index contributed by atoms with van der Waals surface area (Å²) in [7, 11) is 0. The molecule has 0 fully saturated rings. The third-order valence-corrected chi connectivity index (χ3v) is 3.05. The first-order valence-corrected chi connectivity index (χ1v) is 8.38. The highest BCUT2D eigenvalue weighted by Gasteiger charge is 2.04. The fourth-order valence-corrected chi connectivity index (χ4v) is 1.69. The first-order valence-electron chi connectivity index (χ1n) is 8.38. The van der Waals surface area contributed by atoms with Gasteiger partial charge in [-0.25, -0.2) is 0 Å². The van der Waals surface area contributed by atoms with E-state index in [2.05, 4.69) is 13.5 Å². The molecular weight excluding hydrogens is 284 g/mol. The number of hydrogen-bond acceptors (Lipinski definition) is 5. The van der Waals surface area contributed by atoms with Gasteiger partial charge in [0.1, 0.15) is 12.2 Å². The number of hydrogen-bond donors (Lipinski definition) is 4. The minimum Gasteiger partial charge on any atom is -0.394 e. The molecule has 0 amide bonds. The van der Waals surface area contributed by atoms with Crippen molar-refractivity contribution in [1.82, 2.24) is 0 Å². The smallest absolute Gasteiger partial charge is 0.100 e. The fourth-order valence-electron chi connectivity index (χ4n) is 1.69. The molecule has 0 aromatic carbocycles. The Kier molecular flexibility index (Phi) is 22.2. The molecule has 2 atom stereocenters. The van der Waals surface area contributed by atoms with Crippen LogP contribution in [0.25, 0.3) is 0 Å². The molecule has 0 aliphatic rings. The van der Waals surface area contributed by atoms with Gasteiger partial charge in [0.2, 0.25) is 0 Å². The summed E-state index contributed by atoms with van der Waals surface area (Å²) in [5.41, 5.74) is 0. The molecular formula is C17H36O5. The van der Waals surface area contributed by atoms with Gasteiger partial charge in [-0.1, -0.05) is 51.5 Å². The molecule has 0 spiro atoms. The van der Waals surface area contributed by atoms with Crippen molar-refractivity contribution < 1.29 is 25.2 Å². The van der Waals surface area contributed by atoms with Gasteiger partial charge in [0.15, 0.2) is 0 Å². The Morgan fingerprint density at radius 2 is 1.32 bits per heavy atom. The van der Waals surface area contributed by atoms with Crippen LogP contribution in [0.4, 0.5) is 0 Å². The van der Waals surface area contributed by atoms with Crippen molar-refractivity contribution in [3.8, 4) is 0 Å². The lowest BCUT2D eigenvalue weighted by Gasteiger charge is -2.10. The second-order valence-corrected chi connectivity index (χ2v) is 5.41. The number of unbranched alkanes of at least 4 members (excludes halogenated alkanes) is 7. The molecule has 0 saturated carbocycles. The third-order valence-electron chi connectivity index (χ3n) is 3.05. The lowest BCUT2D eigenvalue weighted by Crippen LogP contribution is -2.25. The molecule has 0 aromatic heterocycles. The monoisotopic (exact) mass is 320 g/mol. The summed E-state index contributed by atoms with van der Waals surface area (Å²) in [5, 5.41) is 34.1. The van der Waals surface area contributed by atoms with Crippen molar-refractivity contribution >= 4 is 0 Å². The maximum absolute atomic E-state index is 8.72. The summed E-state index contributed by atoms with van der Waals surface area (Å²) in [6.45, 7) is 5.17. The van der Waals surface area contributed by atoms with E-state index in [4.69, 9.17) is 25.2 Å². The predicted molar refractivity (Wildman–Crippen MR) is 89.8 cm³/mol. The molecule has 4 N–H and O–H groups in total. The van der Waals surface area contributed by atoms with Gasteiger partial charge in [-0.2, -0.15) is 0 Å². The third kappa shape index (κ3) is 21.8. The molecule has 2 unspecified atom stereocenters. The first kappa shape index (κ1) is 23.8. The molecule has 0 aromatic rings. The summed E-state index contributed by atoms with van der Waals surface area (Å²) in [5.74, 6) is 0. The maximum Gasteiger partial charge on any atom is 0.100 e. The van der Waals surface area contributed by atoms with Crippen LogP contribution in [0.1, 0.15) is 58.3 Å². The van der Waals surface area contributed by atoms with Crippen LogP contribution < -0.4 is 0 Å². The van der Waals surface area contributed by atoms with Gasteiger partial charge in [0.05, 0.1) is 26.4 Å². The largest absolute Gasteiger partial charge is 0.394 e. The summed E-state index contributed by atoms with van der Waals surface area (Å²) in [6, 6.07) is 0. The van der Waals surface area contributed by atoms with Crippen molar-refractivity contribution in [2.45, 2.75) is 70.5 Å². The molecule has 0 saturated heterocycles. The first-order chi connectivity index (χ1) is 10.6. The van der Waals surface area contributed by atoms with Gasteiger partial charge < -0.3 is 25.2 Å². The molecule has 0 bridgehead atoms. The zero-order valence-corrected chi connectivity index (χ0v) is 14.1. The van der Waals surface area contributed by atoms with E-state index in [1.807, 2.05) is 6.08 Å². The molecule has 134 valence electrons. The average Bonchev–Trinajstić information content (AvgIpc) is 2.54. The van der Waals surface area contributed by atoms with E-state index in [1.165, 1.54) is 51.4 Å². The Labute approximate surface area is 135 Å². The fraction of sp³-hybridized carbons (Fsp3) is 0.882. The van der Waals surface area contributed by atoms with E-state index in [9.17, 15) is 0 Å². The molecule has 0 aliphatic heterocycles. The Hall–Kier alpha value is -0.460. The predicted octanol–water partition coefficient (Wildman–Crippen LogP) is 2.02. The van der Waals surface area contributed by atoms with Crippen molar-refractivity contribution in [3.05, 3.63) is 12.7 Å². The zero-order chi connectivity index (χ0) is 17.1. The van der Waals surface area contributed by atoms with Crippen LogP contribution in [-0.2, 0) is 4.74 Å². The minimum absolute atomic E-state index is 0.0342. The molecule has 0 aliphatic carbocycles. The molecule has 0 radical (unpaired) electrons. The average molecular weight is 320 g/mol. The van der Waals surface area contributed by atoms with E-state index in [0.717, 1.165) is 0 Å². The van der Waals surface area contributed by atoms with Crippen molar-refractivity contribution in [2.24, 2.45) is 0 Å². The number of aliphatic hydroxyl groups is 4. The number of rotatable bonds is 14. The van der Waals surface area contributed by atoms with Gasteiger partial charge in [0.25, 0.3) is 0 Å². The molecule has 5 nitrogen and oxygen atoms in total. The van der Waals surface area contributed by atoms with Crippen LogP contribution in [0.15, 0.2) is 12.7 Å². The highest BCUT2D eigenvalue weighted by atomic mass is 16.5. The Balaban J connectivity index is 0. The highest BCUT2D eigenvalue weighted by molar-refractivity contribution is 4.65. The van der Waals surface area contributed by atoms with Crippen molar-refractivity contribution in [1.29, 1.82) is 0 Å². The van der Waals surface area contributed by atoms with Crippen molar-refractivity contribution in [2.75, 3.05) is 26.4 Å². The Bertz CT molecular complexity index is 201. The zero-order valence-electron chi connectivity index (χ0n) is 14.1. The van der Waals surface area contributed by atoms with Crippen LogP contribution in [-0.4, -0.2) is 59.1 Å². The lowest BCUT2D eigenvalue weighted by atomic mass is 10.1. The van der Waals surface area contributed by atoms with Crippen LogP contribution in [0.2, 0.25) is 0 Å². The summed E-state index contributed by atoms with van der Waals surface area (Å²) < 4.78 is 4.72. The highest BCUT2D eigenvalue weighted by Crippen LogP contribution is 2.07. The molecule has 0 rings (SSSR count). The quantitative estimate of drug-likeness (QED) is 0.290. The van der Waals surface area contributed by atoms with Gasteiger partial charge in [0, 0.05) is 0 Å². The Morgan fingerprint density at radius 1 is 0.864 bits per heavy atom.